The fourth-order valence-electron chi connectivity index (χ4n) is 2.61. The average Bonchev–Trinajstić information content (AvgIpc) is 2.90. The normalized spacial score (nSPS) is 17.0. The lowest BCUT2D eigenvalue weighted by atomic mass is 9.97. The quantitative estimate of drug-likeness (QED) is 0.915. The highest BCUT2D eigenvalue weighted by molar-refractivity contribution is 7.20. The summed E-state index contributed by atoms with van der Waals surface area (Å²) in [5, 5.41) is 1.16. The smallest absolute Gasteiger partial charge is 0.263 e. The second-order valence-corrected chi connectivity index (χ2v) is 6.20. The zero-order chi connectivity index (χ0) is 13.2. The maximum atomic E-state index is 12.5. The Morgan fingerprint density at radius 3 is 2.74 bits per heavy atom. The van der Waals surface area contributed by atoms with Crippen LogP contribution in [0.4, 0.5) is 0 Å². The molecule has 1 fully saturated rings. The highest BCUT2D eigenvalue weighted by Gasteiger charge is 2.23. The molecule has 0 saturated carbocycles. The van der Waals surface area contributed by atoms with E-state index in [4.69, 9.17) is 5.73 Å². The van der Waals surface area contributed by atoms with Crippen LogP contribution in [0.1, 0.15) is 22.5 Å². The highest BCUT2D eigenvalue weighted by Crippen LogP contribution is 2.27. The first-order valence-corrected chi connectivity index (χ1v) is 7.57. The number of carbonyl (C=O) groups excluding carboxylic acids is 1. The predicted octanol–water partition coefficient (Wildman–Crippen LogP) is 2.71. The molecule has 2 heterocycles. The molecule has 0 unspecified atom stereocenters. The van der Waals surface area contributed by atoms with Gasteiger partial charge in [0.25, 0.3) is 5.91 Å². The van der Waals surface area contributed by atoms with Gasteiger partial charge in [-0.2, -0.15) is 0 Å². The van der Waals surface area contributed by atoms with Crippen LogP contribution < -0.4 is 5.73 Å². The number of nitrogens with two attached hydrogens (primary N) is 1. The van der Waals surface area contributed by atoms with Crippen LogP contribution >= 0.6 is 11.3 Å². The Bertz CT molecular complexity index is 552. The van der Waals surface area contributed by atoms with Gasteiger partial charge in [-0.1, -0.05) is 18.2 Å². The predicted molar refractivity (Wildman–Crippen MR) is 79.5 cm³/mol. The van der Waals surface area contributed by atoms with Gasteiger partial charge >= 0.3 is 0 Å². The van der Waals surface area contributed by atoms with Crippen molar-refractivity contribution in [3.63, 3.8) is 0 Å². The standard InChI is InChI=1S/C15H18N2OS/c16-10-11-5-7-17(8-6-11)15(18)14-9-12-3-1-2-4-13(12)19-14/h1-4,9,11H,5-8,10,16H2. The van der Waals surface area contributed by atoms with E-state index in [9.17, 15) is 4.79 Å². The Morgan fingerprint density at radius 1 is 1.32 bits per heavy atom. The molecular formula is C15H18N2OS. The Morgan fingerprint density at radius 2 is 2.05 bits per heavy atom. The molecule has 1 aromatic carbocycles. The molecule has 1 aliphatic heterocycles. The minimum atomic E-state index is 0.177. The number of piperidine rings is 1. The number of hydrogen-bond donors (Lipinski definition) is 1. The minimum absolute atomic E-state index is 0.177. The molecule has 1 aliphatic rings. The van der Waals surface area contributed by atoms with Crippen molar-refractivity contribution >= 4 is 27.3 Å². The van der Waals surface area contributed by atoms with E-state index in [1.54, 1.807) is 11.3 Å². The second kappa shape index (κ2) is 5.31. The van der Waals surface area contributed by atoms with Gasteiger partial charge in [0.2, 0.25) is 0 Å². The fourth-order valence-corrected chi connectivity index (χ4v) is 3.65. The lowest BCUT2D eigenvalue weighted by Gasteiger charge is -2.31. The number of rotatable bonds is 2. The number of fused-ring (bicyclic) bond motifs is 1. The van der Waals surface area contributed by atoms with Crippen LogP contribution in [0, 0.1) is 5.92 Å². The Hall–Kier alpha value is -1.39. The van der Waals surface area contributed by atoms with E-state index in [2.05, 4.69) is 12.1 Å². The summed E-state index contributed by atoms with van der Waals surface area (Å²) in [4.78, 5) is 15.3. The van der Waals surface area contributed by atoms with E-state index in [-0.39, 0.29) is 5.91 Å². The molecule has 3 rings (SSSR count). The molecule has 100 valence electrons. The number of likely N-dealkylation sites (tertiary alicyclic amines) is 1. The molecule has 0 atom stereocenters. The molecule has 0 bridgehead atoms. The number of benzene rings is 1. The van der Waals surface area contributed by atoms with E-state index >= 15 is 0 Å². The molecule has 19 heavy (non-hydrogen) atoms. The Balaban J connectivity index is 1.77. The van der Waals surface area contributed by atoms with Crippen LogP contribution in [-0.4, -0.2) is 30.4 Å². The van der Waals surface area contributed by atoms with Crippen molar-refractivity contribution < 1.29 is 4.79 Å². The van der Waals surface area contributed by atoms with Crippen LogP contribution in [0.5, 0.6) is 0 Å². The molecule has 0 aliphatic carbocycles. The van der Waals surface area contributed by atoms with Gasteiger partial charge in [-0.15, -0.1) is 11.3 Å². The van der Waals surface area contributed by atoms with Crippen LogP contribution in [0.25, 0.3) is 10.1 Å². The number of nitrogens with zero attached hydrogens (tertiary/aromatic N) is 1. The van der Waals surface area contributed by atoms with Crippen molar-refractivity contribution in [3.8, 4) is 0 Å². The summed E-state index contributed by atoms with van der Waals surface area (Å²) in [5.41, 5.74) is 5.69. The second-order valence-electron chi connectivity index (χ2n) is 5.12. The summed E-state index contributed by atoms with van der Waals surface area (Å²) in [6.07, 6.45) is 2.07. The van der Waals surface area contributed by atoms with Crippen molar-refractivity contribution in [2.75, 3.05) is 19.6 Å². The summed E-state index contributed by atoms with van der Waals surface area (Å²) in [6.45, 7) is 2.43. The topological polar surface area (TPSA) is 46.3 Å². The van der Waals surface area contributed by atoms with Crippen molar-refractivity contribution in [1.29, 1.82) is 0 Å². The molecule has 2 N–H and O–H groups in total. The summed E-state index contributed by atoms with van der Waals surface area (Å²) >= 11 is 1.59. The number of amides is 1. The average molecular weight is 274 g/mol. The maximum Gasteiger partial charge on any atom is 0.263 e. The highest BCUT2D eigenvalue weighted by atomic mass is 32.1. The van der Waals surface area contributed by atoms with E-state index in [0.717, 1.165) is 42.7 Å². The van der Waals surface area contributed by atoms with Gasteiger partial charge in [0.1, 0.15) is 0 Å². The molecule has 3 nitrogen and oxygen atoms in total. The third kappa shape index (κ3) is 2.51. The van der Waals surface area contributed by atoms with Gasteiger partial charge in [-0.25, -0.2) is 0 Å². The van der Waals surface area contributed by atoms with Crippen LogP contribution in [0.3, 0.4) is 0 Å². The number of carbonyl (C=O) groups is 1. The SMILES string of the molecule is NCC1CCN(C(=O)c2cc3ccccc3s2)CC1. The zero-order valence-corrected chi connectivity index (χ0v) is 11.7. The van der Waals surface area contributed by atoms with Gasteiger partial charge < -0.3 is 10.6 Å². The molecule has 4 heteroatoms. The largest absolute Gasteiger partial charge is 0.338 e. The van der Waals surface area contributed by atoms with Gasteiger partial charge in [0.05, 0.1) is 4.88 Å². The first-order chi connectivity index (χ1) is 9.28. The molecule has 0 spiro atoms. The zero-order valence-electron chi connectivity index (χ0n) is 10.8. The van der Waals surface area contributed by atoms with Crippen molar-refractivity contribution in [2.45, 2.75) is 12.8 Å². The lowest BCUT2D eigenvalue weighted by Crippen LogP contribution is -2.39. The van der Waals surface area contributed by atoms with E-state index in [1.807, 2.05) is 23.1 Å². The van der Waals surface area contributed by atoms with Crippen LogP contribution in [0.2, 0.25) is 0 Å². The molecule has 0 radical (unpaired) electrons. The lowest BCUT2D eigenvalue weighted by molar-refractivity contribution is 0.0698. The Labute approximate surface area is 117 Å². The van der Waals surface area contributed by atoms with Crippen molar-refractivity contribution in [2.24, 2.45) is 11.7 Å². The first kappa shape index (κ1) is 12.6. The van der Waals surface area contributed by atoms with E-state index in [0.29, 0.717) is 5.92 Å². The van der Waals surface area contributed by atoms with Crippen LogP contribution in [-0.2, 0) is 0 Å². The summed E-state index contributed by atoms with van der Waals surface area (Å²) in [6, 6.07) is 10.2. The number of thiophene rings is 1. The summed E-state index contributed by atoms with van der Waals surface area (Å²) in [5.74, 6) is 0.767. The summed E-state index contributed by atoms with van der Waals surface area (Å²) in [7, 11) is 0. The fraction of sp³-hybridized carbons (Fsp3) is 0.400. The van der Waals surface area contributed by atoms with Crippen molar-refractivity contribution in [1.82, 2.24) is 4.90 Å². The molecule has 1 saturated heterocycles. The van der Waals surface area contributed by atoms with Gasteiger partial charge in [0, 0.05) is 17.8 Å². The van der Waals surface area contributed by atoms with Gasteiger partial charge in [-0.3, -0.25) is 4.79 Å². The van der Waals surface area contributed by atoms with Crippen molar-refractivity contribution in [3.05, 3.63) is 35.2 Å². The van der Waals surface area contributed by atoms with Gasteiger partial charge in [-0.05, 0) is 42.8 Å². The van der Waals surface area contributed by atoms with Gasteiger partial charge in [0.15, 0.2) is 0 Å². The molecule has 1 aromatic heterocycles. The third-order valence-electron chi connectivity index (χ3n) is 3.87. The van der Waals surface area contributed by atoms with Crippen LogP contribution in [0.15, 0.2) is 30.3 Å². The molecule has 1 amide bonds. The van der Waals surface area contributed by atoms with E-state index < -0.39 is 0 Å². The Kier molecular flexibility index (Phi) is 3.53. The minimum Gasteiger partial charge on any atom is -0.338 e. The third-order valence-corrected chi connectivity index (χ3v) is 4.98. The summed E-state index contributed by atoms with van der Waals surface area (Å²) < 4.78 is 1.18. The maximum absolute atomic E-state index is 12.5. The first-order valence-electron chi connectivity index (χ1n) is 6.76. The molecular weight excluding hydrogens is 256 g/mol. The monoisotopic (exact) mass is 274 g/mol. The molecule has 2 aromatic rings. The number of hydrogen-bond acceptors (Lipinski definition) is 3. The van der Waals surface area contributed by atoms with E-state index in [1.165, 1.54) is 4.70 Å².